The maximum absolute atomic E-state index is 10.7. The van der Waals surface area contributed by atoms with Gasteiger partial charge >= 0.3 is 0 Å². The van der Waals surface area contributed by atoms with E-state index in [0.717, 1.165) is 16.8 Å². The number of benzene rings is 1. The van der Waals surface area contributed by atoms with E-state index in [2.05, 4.69) is 0 Å². The molecular formula is C12H15NOS. The van der Waals surface area contributed by atoms with Crippen molar-refractivity contribution in [2.75, 3.05) is 11.5 Å². The largest absolute Gasteiger partial charge is 0.398 e. The summed E-state index contributed by atoms with van der Waals surface area (Å²) in [6.45, 7) is 3.59. The SMILES string of the molecule is CC(=O)SCC=Cc1c(C)cccc1N. The Kier molecular flexibility index (Phi) is 4.43. The Balaban J connectivity index is 2.67. The molecule has 0 saturated carbocycles. The van der Waals surface area contributed by atoms with E-state index in [9.17, 15) is 4.79 Å². The Hall–Kier alpha value is -1.22. The Morgan fingerprint density at radius 3 is 2.87 bits per heavy atom. The summed E-state index contributed by atoms with van der Waals surface area (Å²) in [6, 6.07) is 5.84. The molecule has 0 saturated heterocycles. The van der Waals surface area contributed by atoms with Crippen LogP contribution in [0.15, 0.2) is 24.3 Å². The third-order valence-electron chi connectivity index (χ3n) is 2.03. The van der Waals surface area contributed by atoms with Crippen molar-refractivity contribution in [2.24, 2.45) is 0 Å². The first-order valence-electron chi connectivity index (χ1n) is 4.76. The van der Waals surface area contributed by atoms with Gasteiger partial charge in [-0.3, -0.25) is 4.79 Å². The molecule has 0 radical (unpaired) electrons. The third kappa shape index (κ3) is 3.80. The predicted octanol–water partition coefficient (Wildman–Crippen LogP) is 2.87. The molecule has 0 unspecified atom stereocenters. The second-order valence-corrected chi connectivity index (χ2v) is 4.48. The summed E-state index contributed by atoms with van der Waals surface area (Å²) in [7, 11) is 0. The van der Waals surface area contributed by atoms with Crippen LogP contribution in [0.3, 0.4) is 0 Å². The molecule has 0 aromatic heterocycles. The molecule has 3 heteroatoms. The van der Waals surface area contributed by atoms with Crippen molar-refractivity contribution < 1.29 is 4.79 Å². The number of nitrogens with two attached hydrogens (primary N) is 1. The highest BCUT2D eigenvalue weighted by Crippen LogP contribution is 2.18. The third-order valence-corrected chi connectivity index (χ3v) is 2.79. The first-order valence-corrected chi connectivity index (χ1v) is 5.75. The van der Waals surface area contributed by atoms with Crippen LogP contribution in [0.2, 0.25) is 0 Å². The Morgan fingerprint density at radius 1 is 1.53 bits per heavy atom. The average Bonchev–Trinajstić information content (AvgIpc) is 2.15. The summed E-state index contributed by atoms with van der Waals surface area (Å²) in [5, 5.41) is 0.136. The topological polar surface area (TPSA) is 43.1 Å². The van der Waals surface area contributed by atoms with Gasteiger partial charge in [0.05, 0.1) is 0 Å². The average molecular weight is 221 g/mol. The minimum Gasteiger partial charge on any atom is -0.398 e. The van der Waals surface area contributed by atoms with Gasteiger partial charge in [0, 0.05) is 23.9 Å². The summed E-state index contributed by atoms with van der Waals surface area (Å²) in [6.07, 6.45) is 3.94. The highest BCUT2D eigenvalue weighted by Gasteiger charge is 1.97. The van der Waals surface area contributed by atoms with Crippen molar-refractivity contribution in [3.05, 3.63) is 35.4 Å². The summed E-state index contributed by atoms with van der Waals surface area (Å²) >= 11 is 1.30. The molecule has 0 aliphatic rings. The molecule has 0 amide bonds. The van der Waals surface area contributed by atoms with Crippen molar-refractivity contribution in [2.45, 2.75) is 13.8 Å². The van der Waals surface area contributed by atoms with E-state index in [4.69, 9.17) is 5.73 Å². The van der Waals surface area contributed by atoms with Gasteiger partial charge in [0.15, 0.2) is 5.12 Å². The van der Waals surface area contributed by atoms with Gasteiger partial charge in [0.2, 0.25) is 0 Å². The lowest BCUT2D eigenvalue weighted by Crippen LogP contribution is -1.91. The fourth-order valence-corrected chi connectivity index (χ4v) is 1.69. The maximum atomic E-state index is 10.7. The van der Waals surface area contributed by atoms with Crippen LogP contribution < -0.4 is 5.73 Å². The van der Waals surface area contributed by atoms with E-state index in [1.54, 1.807) is 6.92 Å². The lowest BCUT2D eigenvalue weighted by atomic mass is 10.1. The zero-order valence-electron chi connectivity index (χ0n) is 8.99. The molecule has 0 spiro atoms. The van der Waals surface area contributed by atoms with E-state index >= 15 is 0 Å². The van der Waals surface area contributed by atoms with Crippen LogP contribution in [-0.4, -0.2) is 10.9 Å². The zero-order chi connectivity index (χ0) is 11.3. The lowest BCUT2D eigenvalue weighted by molar-refractivity contribution is -0.109. The number of anilines is 1. The summed E-state index contributed by atoms with van der Waals surface area (Å²) in [5.74, 6) is 0.698. The number of thioether (sulfide) groups is 1. The molecule has 1 rings (SSSR count). The van der Waals surface area contributed by atoms with Crippen LogP contribution in [-0.2, 0) is 4.79 Å². The number of nitrogen functional groups attached to an aromatic ring is 1. The van der Waals surface area contributed by atoms with Gasteiger partial charge in [-0.1, -0.05) is 36.0 Å². The predicted molar refractivity (Wildman–Crippen MR) is 67.8 cm³/mol. The number of hydrogen-bond acceptors (Lipinski definition) is 3. The Bertz CT molecular complexity index is 365. The van der Waals surface area contributed by atoms with Gasteiger partial charge in [-0.25, -0.2) is 0 Å². The van der Waals surface area contributed by atoms with E-state index in [0.29, 0.717) is 5.75 Å². The van der Waals surface area contributed by atoms with Crippen molar-refractivity contribution in [1.82, 2.24) is 0 Å². The highest BCUT2D eigenvalue weighted by molar-refractivity contribution is 8.13. The second kappa shape index (κ2) is 5.61. The Labute approximate surface area is 94.6 Å². The number of aryl methyl sites for hydroxylation is 1. The number of carbonyl (C=O) groups excluding carboxylic acids is 1. The molecule has 0 fully saturated rings. The van der Waals surface area contributed by atoms with Crippen molar-refractivity contribution in [3.63, 3.8) is 0 Å². The highest BCUT2D eigenvalue weighted by atomic mass is 32.2. The minimum absolute atomic E-state index is 0.136. The molecule has 0 bridgehead atoms. The molecular weight excluding hydrogens is 206 g/mol. The van der Waals surface area contributed by atoms with E-state index < -0.39 is 0 Å². The summed E-state index contributed by atoms with van der Waals surface area (Å²) < 4.78 is 0. The van der Waals surface area contributed by atoms with Crippen LogP contribution >= 0.6 is 11.8 Å². The lowest BCUT2D eigenvalue weighted by Gasteiger charge is -2.03. The molecule has 1 aromatic rings. The van der Waals surface area contributed by atoms with E-state index in [1.807, 2.05) is 37.3 Å². The molecule has 2 nitrogen and oxygen atoms in total. The molecule has 0 heterocycles. The van der Waals surface area contributed by atoms with Crippen LogP contribution in [0.4, 0.5) is 5.69 Å². The summed E-state index contributed by atoms with van der Waals surface area (Å²) in [5.41, 5.74) is 8.81. The molecule has 15 heavy (non-hydrogen) atoms. The van der Waals surface area contributed by atoms with Gasteiger partial charge in [-0.05, 0) is 18.6 Å². The molecule has 0 aliphatic carbocycles. The van der Waals surface area contributed by atoms with Gasteiger partial charge in [0.1, 0.15) is 0 Å². The fraction of sp³-hybridized carbons (Fsp3) is 0.250. The quantitative estimate of drug-likeness (QED) is 0.798. The van der Waals surface area contributed by atoms with Crippen molar-refractivity contribution in [1.29, 1.82) is 0 Å². The molecule has 0 aliphatic heterocycles. The van der Waals surface area contributed by atoms with Crippen molar-refractivity contribution >= 4 is 28.6 Å². The van der Waals surface area contributed by atoms with Crippen LogP contribution in [0.1, 0.15) is 18.1 Å². The van der Waals surface area contributed by atoms with Crippen LogP contribution in [0, 0.1) is 6.92 Å². The standard InChI is InChI=1S/C12H15NOS/c1-9-5-3-7-12(13)11(9)6-4-8-15-10(2)14/h3-7H,8,13H2,1-2H3. The first-order chi connectivity index (χ1) is 7.11. The molecule has 80 valence electrons. The molecule has 0 atom stereocenters. The smallest absolute Gasteiger partial charge is 0.186 e. The molecule has 1 aromatic carbocycles. The number of hydrogen-bond donors (Lipinski definition) is 1. The van der Waals surface area contributed by atoms with Gasteiger partial charge in [-0.15, -0.1) is 0 Å². The van der Waals surface area contributed by atoms with Crippen LogP contribution in [0.25, 0.3) is 6.08 Å². The van der Waals surface area contributed by atoms with Gasteiger partial charge in [-0.2, -0.15) is 0 Å². The van der Waals surface area contributed by atoms with E-state index in [1.165, 1.54) is 11.8 Å². The monoisotopic (exact) mass is 221 g/mol. The first kappa shape index (κ1) is 11.9. The Morgan fingerprint density at radius 2 is 2.27 bits per heavy atom. The van der Waals surface area contributed by atoms with Crippen LogP contribution in [0.5, 0.6) is 0 Å². The van der Waals surface area contributed by atoms with Gasteiger partial charge < -0.3 is 5.73 Å². The van der Waals surface area contributed by atoms with E-state index in [-0.39, 0.29) is 5.12 Å². The number of carbonyl (C=O) groups is 1. The minimum atomic E-state index is 0.136. The maximum Gasteiger partial charge on any atom is 0.186 e. The molecule has 2 N–H and O–H groups in total. The zero-order valence-corrected chi connectivity index (χ0v) is 9.80. The fourth-order valence-electron chi connectivity index (χ4n) is 1.26. The normalized spacial score (nSPS) is 10.8. The van der Waals surface area contributed by atoms with Crippen molar-refractivity contribution in [3.8, 4) is 0 Å². The van der Waals surface area contributed by atoms with Gasteiger partial charge in [0.25, 0.3) is 0 Å². The summed E-state index contributed by atoms with van der Waals surface area (Å²) in [4.78, 5) is 10.7. The second-order valence-electron chi connectivity index (χ2n) is 3.28. The number of rotatable bonds is 3.